The molecule has 2 amide bonds. The third kappa shape index (κ3) is 3.89. The Hall–Kier alpha value is -2.77. The highest BCUT2D eigenvalue weighted by atomic mass is 16.5. The van der Waals surface area contributed by atoms with Crippen LogP contribution in [-0.4, -0.2) is 61.7 Å². The molecule has 2 heterocycles. The molecular formula is C19H23N5O2. The van der Waals surface area contributed by atoms with E-state index >= 15 is 0 Å². The van der Waals surface area contributed by atoms with E-state index in [1.807, 2.05) is 17.9 Å². The van der Waals surface area contributed by atoms with E-state index < -0.39 is 0 Å². The van der Waals surface area contributed by atoms with E-state index in [9.17, 15) is 10.1 Å². The minimum Gasteiger partial charge on any atom is -0.491 e. The molecule has 2 atom stereocenters. The van der Waals surface area contributed by atoms with Crippen LogP contribution in [0.1, 0.15) is 18.1 Å². The van der Waals surface area contributed by atoms with Gasteiger partial charge in [0.05, 0.1) is 17.2 Å². The molecule has 2 aliphatic heterocycles. The highest BCUT2D eigenvalue weighted by Gasteiger charge is 2.41. The minimum absolute atomic E-state index is 0.0432. The van der Waals surface area contributed by atoms with E-state index in [-0.39, 0.29) is 6.03 Å². The van der Waals surface area contributed by atoms with Crippen LogP contribution >= 0.6 is 0 Å². The molecule has 7 nitrogen and oxygen atoms in total. The molecule has 26 heavy (non-hydrogen) atoms. The largest absolute Gasteiger partial charge is 0.491 e. The highest BCUT2D eigenvalue weighted by Crippen LogP contribution is 2.31. The molecule has 0 aromatic heterocycles. The van der Waals surface area contributed by atoms with Crippen LogP contribution < -0.4 is 10.1 Å². The van der Waals surface area contributed by atoms with Crippen molar-refractivity contribution in [2.75, 3.05) is 45.9 Å². The number of rotatable bonds is 5. The molecule has 2 fully saturated rings. The lowest BCUT2D eigenvalue weighted by atomic mass is 10.0. The molecule has 0 saturated carbocycles. The second kappa shape index (κ2) is 8.07. The van der Waals surface area contributed by atoms with Gasteiger partial charge in [0.1, 0.15) is 18.4 Å². The highest BCUT2D eigenvalue weighted by molar-refractivity contribution is 5.74. The maximum atomic E-state index is 11.9. The van der Waals surface area contributed by atoms with E-state index in [0.717, 1.165) is 32.7 Å². The molecule has 2 saturated heterocycles. The van der Waals surface area contributed by atoms with Crippen molar-refractivity contribution < 1.29 is 9.53 Å². The summed E-state index contributed by atoms with van der Waals surface area (Å²) in [5, 5.41) is 20.9. The van der Waals surface area contributed by atoms with Gasteiger partial charge in [-0.15, -0.1) is 0 Å². The first-order chi connectivity index (χ1) is 12.6. The van der Waals surface area contributed by atoms with E-state index in [1.54, 1.807) is 18.2 Å². The fourth-order valence-electron chi connectivity index (χ4n) is 3.80. The van der Waals surface area contributed by atoms with Gasteiger partial charge >= 0.3 is 6.03 Å². The molecule has 0 spiro atoms. The van der Waals surface area contributed by atoms with Gasteiger partial charge in [-0.05, 0) is 37.0 Å². The number of carbonyl (C=O) groups excluding carboxylic acids is 1. The minimum atomic E-state index is 0.0432. The smallest absolute Gasteiger partial charge is 0.317 e. The van der Waals surface area contributed by atoms with Crippen LogP contribution in [0.15, 0.2) is 18.2 Å². The van der Waals surface area contributed by atoms with Gasteiger partial charge in [-0.2, -0.15) is 10.5 Å². The van der Waals surface area contributed by atoms with Gasteiger partial charge in [-0.1, -0.05) is 0 Å². The van der Waals surface area contributed by atoms with E-state index in [4.69, 9.17) is 10.00 Å². The second-order valence-electron chi connectivity index (χ2n) is 6.80. The Morgan fingerprint density at radius 2 is 1.96 bits per heavy atom. The summed E-state index contributed by atoms with van der Waals surface area (Å²) in [4.78, 5) is 16.2. The van der Waals surface area contributed by atoms with Gasteiger partial charge in [-0.3, -0.25) is 4.90 Å². The molecule has 3 rings (SSSR count). The second-order valence-corrected chi connectivity index (χ2v) is 6.80. The van der Waals surface area contributed by atoms with Crippen molar-refractivity contribution in [3.05, 3.63) is 29.3 Å². The van der Waals surface area contributed by atoms with Gasteiger partial charge in [0, 0.05) is 39.3 Å². The summed E-state index contributed by atoms with van der Waals surface area (Å²) < 4.78 is 5.75. The number of ether oxygens (including phenoxy) is 1. The third-order valence-corrected chi connectivity index (χ3v) is 5.07. The molecule has 1 N–H and O–H groups in total. The molecular weight excluding hydrogens is 330 g/mol. The number of nitriles is 2. The standard InChI is InChI=1S/C19H23N5O2/c1-2-22-19(25)24-12-16-10-23(11-17(16)13-24)5-6-26-18-4-3-14(8-20)7-15(18)9-21/h3-4,7,16-17H,2,5-6,10-13H2,1H3,(H,22,25). The van der Waals surface area contributed by atoms with Crippen molar-refractivity contribution in [1.82, 2.24) is 15.1 Å². The molecule has 1 aromatic carbocycles. The van der Waals surface area contributed by atoms with Crippen LogP contribution in [0.4, 0.5) is 4.79 Å². The number of hydrogen-bond acceptors (Lipinski definition) is 5. The maximum Gasteiger partial charge on any atom is 0.317 e. The summed E-state index contributed by atoms with van der Waals surface area (Å²) >= 11 is 0. The molecule has 0 radical (unpaired) electrons. The van der Waals surface area contributed by atoms with Crippen LogP contribution in [0.25, 0.3) is 0 Å². The summed E-state index contributed by atoms with van der Waals surface area (Å²) in [6.07, 6.45) is 0. The number of amides is 2. The number of carbonyl (C=O) groups is 1. The van der Waals surface area contributed by atoms with Gasteiger partial charge in [0.2, 0.25) is 0 Å². The average Bonchev–Trinajstić information content (AvgIpc) is 3.21. The number of likely N-dealkylation sites (tertiary alicyclic amines) is 2. The maximum absolute atomic E-state index is 11.9. The van der Waals surface area contributed by atoms with Crippen molar-refractivity contribution in [3.8, 4) is 17.9 Å². The van der Waals surface area contributed by atoms with E-state index in [0.29, 0.717) is 41.9 Å². The fraction of sp³-hybridized carbons (Fsp3) is 0.526. The molecule has 0 bridgehead atoms. The molecule has 136 valence electrons. The first-order valence-corrected chi connectivity index (χ1v) is 8.96. The van der Waals surface area contributed by atoms with Gasteiger partial charge in [0.15, 0.2) is 0 Å². The van der Waals surface area contributed by atoms with Crippen molar-refractivity contribution in [2.45, 2.75) is 6.92 Å². The Balaban J connectivity index is 1.45. The monoisotopic (exact) mass is 353 g/mol. The first-order valence-electron chi connectivity index (χ1n) is 8.96. The molecule has 7 heteroatoms. The van der Waals surface area contributed by atoms with Crippen molar-refractivity contribution >= 4 is 6.03 Å². The molecule has 2 aliphatic rings. The normalized spacial score (nSPS) is 21.7. The zero-order valence-electron chi connectivity index (χ0n) is 14.9. The summed E-state index contributed by atoms with van der Waals surface area (Å²) in [7, 11) is 0. The zero-order valence-corrected chi connectivity index (χ0v) is 14.9. The van der Waals surface area contributed by atoms with Gasteiger partial charge < -0.3 is 15.0 Å². The zero-order chi connectivity index (χ0) is 18.5. The number of urea groups is 1. The van der Waals surface area contributed by atoms with Crippen LogP contribution in [0.3, 0.4) is 0 Å². The SMILES string of the molecule is CCNC(=O)N1CC2CN(CCOc3ccc(C#N)cc3C#N)CC2C1. The topological polar surface area (TPSA) is 92.4 Å². The summed E-state index contributed by atoms with van der Waals surface area (Å²) in [5.74, 6) is 1.58. The van der Waals surface area contributed by atoms with E-state index in [2.05, 4.69) is 16.3 Å². The Bertz CT molecular complexity index is 737. The summed E-state index contributed by atoms with van der Waals surface area (Å²) in [6, 6.07) is 9.03. The number of fused-ring (bicyclic) bond motifs is 1. The van der Waals surface area contributed by atoms with Crippen molar-refractivity contribution in [2.24, 2.45) is 11.8 Å². The summed E-state index contributed by atoms with van der Waals surface area (Å²) in [6.45, 7) is 7.48. The summed E-state index contributed by atoms with van der Waals surface area (Å²) in [5.41, 5.74) is 0.845. The number of nitrogens with one attached hydrogen (secondary N) is 1. The van der Waals surface area contributed by atoms with Gasteiger partial charge in [-0.25, -0.2) is 4.79 Å². The number of hydrogen-bond donors (Lipinski definition) is 1. The lowest BCUT2D eigenvalue weighted by Gasteiger charge is -2.21. The Morgan fingerprint density at radius 3 is 2.58 bits per heavy atom. The van der Waals surface area contributed by atoms with Crippen molar-refractivity contribution in [3.63, 3.8) is 0 Å². The van der Waals surface area contributed by atoms with E-state index in [1.165, 1.54) is 0 Å². The molecule has 2 unspecified atom stereocenters. The lowest BCUT2D eigenvalue weighted by molar-refractivity contribution is 0.193. The Labute approximate surface area is 153 Å². The van der Waals surface area contributed by atoms with Crippen LogP contribution in [-0.2, 0) is 0 Å². The van der Waals surface area contributed by atoms with Crippen LogP contribution in [0.2, 0.25) is 0 Å². The third-order valence-electron chi connectivity index (χ3n) is 5.07. The predicted octanol–water partition coefficient (Wildman–Crippen LogP) is 1.40. The molecule has 1 aromatic rings. The predicted molar refractivity (Wildman–Crippen MR) is 95.4 cm³/mol. The average molecular weight is 353 g/mol. The van der Waals surface area contributed by atoms with Gasteiger partial charge in [0.25, 0.3) is 0 Å². The fourth-order valence-corrected chi connectivity index (χ4v) is 3.80. The first kappa shape index (κ1) is 18.0. The number of benzene rings is 1. The Kier molecular flexibility index (Phi) is 5.60. The lowest BCUT2D eigenvalue weighted by Crippen LogP contribution is -2.40. The number of nitrogens with zero attached hydrogens (tertiary/aromatic N) is 4. The molecule has 0 aliphatic carbocycles. The Morgan fingerprint density at radius 1 is 1.23 bits per heavy atom. The van der Waals surface area contributed by atoms with Crippen LogP contribution in [0, 0.1) is 34.5 Å². The van der Waals surface area contributed by atoms with Crippen molar-refractivity contribution in [1.29, 1.82) is 10.5 Å². The quantitative estimate of drug-likeness (QED) is 0.864. The van der Waals surface area contributed by atoms with Crippen LogP contribution in [0.5, 0.6) is 5.75 Å².